The molecule has 128 valence electrons. The summed E-state index contributed by atoms with van der Waals surface area (Å²) >= 11 is 0. The SMILES string of the molecule is COc1cc(F)c(C(C)NC(=O)C2(N)CCCCC2)cc1OC. The van der Waals surface area contributed by atoms with E-state index in [9.17, 15) is 9.18 Å². The first kappa shape index (κ1) is 17.5. The second-order valence-electron chi connectivity index (χ2n) is 6.14. The molecule has 23 heavy (non-hydrogen) atoms. The number of carbonyl (C=O) groups excluding carboxylic acids is 1. The zero-order chi connectivity index (χ0) is 17.0. The Morgan fingerprint density at radius 2 is 1.78 bits per heavy atom. The number of hydrogen-bond donors (Lipinski definition) is 2. The zero-order valence-electron chi connectivity index (χ0n) is 13.9. The standard InChI is InChI=1S/C17H25FN2O3/c1-11(20-16(21)17(19)7-5-4-6-8-17)12-9-14(22-2)15(23-3)10-13(12)18/h9-11H,4-8,19H2,1-3H3,(H,20,21). The summed E-state index contributed by atoms with van der Waals surface area (Å²) in [4.78, 5) is 12.5. The molecule has 1 aromatic carbocycles. The Hall–Kier alpha value is -1.82. The van der Waals surface area contributed by atoms with E-state index in [-0.39, 0.29) is 5.91 Å². The van der Waals surface area contributed by atoms with Crippen LogP contribution in [0.4, 0.5) is 4.39 Å². The fourth-order valence-electron chi connectivity index (χ4n) is 3.03. The largest absolute Gasteiger partial charge is 0.493 e. The average Bonchev–Trinajstić information content (AvgIpc) is 2.54. The van der Waals surface area contributed by atoms with Crippen LogP contribution in [0.1, 0.15) is 50.6 Å². The Bertz CT molecular complexity index is 571. The highest BCUT2D eigenvalue weighted by Gasteiger charge is 2.36. The molecule has 0 aliphatic heterocycles. The first-order valence-corrected chi connectivity index (χ1v) is 7.92. The lowest BCUT2D eigenvalue weighted by Crippen LogP contribution is -2.55. The van der Waals surface area contributed by atoms with Crippen molar-refractivity contribution in [3.8, 4) is 11.5 Å². The molecule has 1 fully saturated rings. The lowest BCUT2D eigenvalue weighted by Gasteiger charge is -2.33. The monoisotopic (exact) mass is 324 g/mol. The van der Waals surface area contributed by atoms with Crippen LogP contribution in [0.3, 0.4) is 0 Å². The van der Waals surface area contributed by atoms with Gasteiger partial charge < -0.3 is 20.5 Å². The highest BCUT2D eigenvalue weighted by atomic mass is 19.1. The van der Waals surface area contributed by atoms with Gasteiger partial charge in [0.25, 0.3) is 0 Å². The second-order valence-corrected chi connectivity index (χ2v) is 6.14. The van der Waals surface area contributed by atoms with Crippen molar-refractivity contribution < 1.29 is 18.7 Å². The number of benzene rings is 1. The van der Waals surface area contributed by atoms with Crippen molar-refractivity contribution in [3.05, 3.63) is 23.5 Å². The van der Waals surface area contributed by atoms with E-state index < -0.39 is 17.4 Å². The van der Waals surface area contributed by atoms with Gasteiger partial charge in [-0.3, -0.25) is 4.79 Å². The van der Waals surface area contributed by atoms with Crippen molar-refractivity contribution in [1.82, 2.24) is 5.32 Å². The van der Waals surface area contributed by atoms with E-state index in [1.54, 1.807) is 13.0 Å². The number of nitrogens with two attached hydrogens (primary N) is 1. The number of carbonyl (C=O) groups is 1. The fraction of sp³-hybridized carbons (Fsp3) is 0.588. The molecule has 0 aromatic heterocycles. The van der Waals surface area contributed by atoms with E-state index in [0.29, 0.717) is 29.9 Å². The molecule has 1 atom stereocenters. The van der Waals surface area contributed by atoms with Gasteiger partial charge in [0, 0.05) is 11.6 Å². The fourth-order valence-corrected chi connectivity index (χ4v) is 3.03. The number of methoxy groups -OCH3 is 2. The Balaban J connectivity index is 2.17. The first-order valence-electron chi connectivity index (χ1n) is 7.92. The van der Waals surface area contributed by atoms with Crippen LogP contribution in [-0.2, 0) is 4.79 Å². The minimum atomic E-state index is -0.848. The van der Waals surface area contributed by atoms with Gasteiger partial charge >= 0.3 is 0 Å². The van der Waals surface area contributed by atoms with Crippen molar-refractivity contribution in [2.24, 2.45) is 5.73 Å². The van der Waals surface area contributed by atoms with Gasteiger partial charge in [-0.15, -0.1) is 0 Å². The maximum Gasteiger partial charge on any atom is 0.240 e. The van der Waals surface area contributed by atoms with Crippen LogP contribution in [-0.4, -0.2) is 25.7 Å². The van der Waals surface area contributed by atoms with Gasteiger partial charge in [-0.2, -0.15) is 0 Å². The van der Waals surface area contributed by atoms with Crippen LogP contribution >= 0.6 is 0 Å². The van der Waals surface area contributed by atoms with Crippen molar-refractivity contribution in [1.29, 1.82) is 0 Å². The number of halogens is 1. The van der Waals surface area contributed by atoms with Gasteiger partial charge in [-0.25, -0.2) is 4.39 Å². The zero-order valence-corrected chi connectivity index (χ0v) is 13.9. The molecule has 1 aliphatic rings. The molecular weight excluding hydrogens is 299 g/mol. The van der Waals surface area contributed by atoms with E-state index >= 15 is 0 Å². The van der Waals surface area contributed by atoms with Crippen LogP contribution in [0.5, 0.6) is 11.5 Å². The lowest BCUT2D eigenvalue weighted by atomic mass is 9.81. The van der Waals surface area contributed by atoms with Gasteiger partial charge in [0.05, 0.1) is 25.8 Å². The number of hydrogen-bond acceptors (Lipinski definition) is 4. The second kappa shape index (κ2) is 7.17. The summed E-state index contributed by atoms with van der Waals surface area (Å²) in [5, 5.41) is 2.84. The van der Waals surface area contributed by atoms with E-state index in [4.69, 9.17) is 15.2 Å². The van der Waals surface area contributed by atoms with Crippen LogP contribution in [0.2, 0.25) is 0 Å². The molecular formula is C17H25FN2O3. The maximum absolute atomic E-state index is 14.3. The summed E-state index contributed by atoms with van der Waals surface area (Å²) in [5.74, 6) is 0.0593. The highest BCUT2D eigenvalue weighted by molar-refractivity contribution is 5.86. The molecule has 2 rings (SSSR count). The third kappa shape index (κ3) is 3.75. The normalized spacial score (nSPS) is 18.1. The third-order valence-corrected chi connectivity index (χ3v) is 4.51. The van der Waals surface area contributed by atoms with Crippen molar-refractivity contribution in [2.45, 2.75) is 50.6 Å². The molecule has 0 radical (unpaired) electrons. The van der Waals surface area contributed by atoms with Crippen molar-refractivity contribution in [3.63, 3.8) is 0 Å². The minimum Gasteiger partial charge on any atom is -0.493 e. The molecule has 1 aliphatic carbocycles. The summed E-state index contributed by atoms with van der Waals surface area (Å²) in [6, 6.07) is 2.29. The molecule has 1 aromatic rings. The summed E-state index contributed by atoms with van der Waals surface area (Å²) in [7, 11) is 2.93. The Morgan fingerprint density at radius 1 is 1.22 bits per heavy atom. The number of rotatable bonds is 5. The molecule has 6 heteroatoms. The van der Waals surface area contributed by atoms with E-state index in [1.807, 2.05) is 0 Å². The molecule has 3 N–H and O–H groups in total. The average molecular weight is 324 g/mol. The van der Waals surface area contributed by atoms with Gasteiger partial charge in [-0.1, -0.05) is 19.3 Å². The molecule has 0 saturated heterocycles. The van der Waals surface area contributed by atoms with Crippen molar-refractivity contribution >= 4 is 5.91 Å². The summed E-state index contributed by atoms with van der Waals surface area (Å²) in [5.41, 5.74) is 5.71. The van der Waals surface area contributed by atoms with Crippen molar-refractivity contribution in [2.75, 3.05) is 14.2 Å². The Morgan fingerprint density at radius 3 is 2.35 bits per heavy atom. The van der Waals surface area contributed by atoms with E-state index in [1.165, 1.54) is 20.3 Å². The molecule has 0 spiro atoms. The van der Waals surface area contributed by atoms with E-state index in [0.717, 1.165) is 19.3 Å². The third-order valence-electron chi connectivity index (χ3n) is 4.51. The Kier molecular flexibility index (Phi) is 5.46. The number of amides is 1. The van der Waals surface area contributed by atoms with Crippen LogP contribution in [0.15, 0.2) is 12.1 Å². The quantitative estimate of drug-likeness (QED) is 0.873. The molecule has 0 bridgehead atoms. The summed E-state index contributed by atoms with van der Waals surface area (Å²) in [6.07, 6.45) is 4.33. The van der Waals surface area contributed by atoms with Gasteiger partial charge in [0.2, 0.25) is 5.91 Å². The first-order chi connectivity index (χ1) is 10.9. The lowest BCUT2D eigenvalue weighted by molar-refractivity contribution is -0.128. The molecule has 1 amide bonds. The van der Waals surface area contributed by atoms with Gasteiger partial charge in [-0.05, 0) is 25.8 Å². The molecule has 5 nitrogen and oxygen atoms in total. The highest BCUT2D eigenvalue weighted by Crippen LogP contribution is 2.33. The smallest absolute Gasteiger partial charge is 0.240 e. The maximum atomic E-state index is 14.3. The van der Waals surface area contributed by atoms with Gasteiger partial charge in [0.1, 0.15) is 5.82 Å². The number of nitrogens with one attached hydrogen (secondary N) is 1. The molecule has 1 saturated carbocycles. The minimum absolute atomic E-state index is 0.223. The predicted molar refractivity (Wildman–Crippen MR) is 86.1 cm³/mol. The Labute approximate surface area is 136 Å². The van der Waals surface area contributed by atoms with Crippen LogP contribution in [0, 0.1) is 5.82 Å². The van der Waals surface area contributed by atoms with E-state index in [2.05, 4.69) is 5.32 Å². The summed E-state index contributed by atoms with van der Waals surface area (Å²) in [6.45, 7) is 1.73. The van der Waals surface area contributed by atoms with Crippen LogP contribution < -0.4 is 20.5 Å². The number of ether oxygens (including phenoxy) is 2. The summed E-state index contributed by atoms with van der Waals surface area (Å²) < 4.78 is 24.5. The topological polar surface area (TPSA) is 73.6 Å². The van der Waals surface area contributed by atoms with Gasteiger partial charge in [0.15, 0.2) is 11.5 Å². The molecule has 0 heterocycles. The molecule has 1 unspecified atom stereocenters. The predicted octanol–water partition coefficient (Wildman–Crippen LogP) is 2.68. The van der Waals surface area contributed by atoms with Crippen LogP contribution in [0.25, 0.3) is 0 Å².